The number of aliphatic hydroxyl groups is 1. The van der Waals surface area contributed by atoms with Crippen LogP contribution in [0.5, 0.6) is 5.75 Å². The zero-order chi connectivity index (χ0) is 38.5. The molecule has 4 aliphatic heterocycles. The number of ether oxygens (including phenoxy) is 4. The van der Waals surface area contributed by atoms with E-state index in [1.807, 2.05) is 38.1 Å². The van der Waals surface area contributed by atoms with Crippen LogP contribution in [-0.4, -0.2) is 102 Å². The van der Waals surface area contributed by atoms with Crippen LogP contribution in [0.3, 0.4) is 0 Å². The zero-order valence-electron chi connectivity index (χ0n) is 31.4. The number of carboxylic acid groups (broad SMARTS) is 1. The number of nitrogens with one attached hydrogen (secondary N) is 1. The lowest BCUT2D eigenvalue weighted by Gasteiger charge is -2.39. The number of aliphatic carboxylic acids is 1. The van der Waals surface area contributed by atoms with Crippen molar-refractivity contribution in [1.29, 1.82) is 0 Å². The summed E-state index contributed by atoms with van der Waals surface area (Å²) in [6.07, 6.45) is 6.89. The number of carbonyl (C=O) groups is 4. The monoisotopic (exact) mass is 759 g/mol. The maximum absolute atomic E-state index is 14.0. The highest BCUT2D eigenvalue weighted by atomic mass is 35.5. The van der Waals surface area contributed by atoms with E-state index in [4.69, 9.17) is 30.5 Å². The van der Waals surface area contributed by atoms with E-state index < -0.39 is 53.6 Å². The molecule has 6 atom stereocenters. The molecule has 3 saturated heterocycles. The van der Waals surface area contributed by atoms with Gasteiger partial charge in [-0.2, -0.15) is 0 Å². The molecule has 3 fully saturated rings. The number of rotatable bonds is 9. The van der Waals surface area contributed by atoms with E-state index >= 15 is 0 Å². The van der Waals surface area contributed by atoms with Crippen LogP contribution in [0.1, 0.15) is 84.1 Å². The summed E-state index contributed by atoms with van der Waals surface area (Å²) < 4.78 is 23.5. The Morgan fingerprint density at radius 3 is 2.58 bits per heavy atom. The highest BCUT2D eigenvalue weighted by molar-refractivity contribution is 6.35. The summed E-state index contributed by atoms with van der Waals surface area (Å²) in [6, 6.07) is 3.66. The first-order valence-corrected chi connectivity index (χ1v) is 19.0. The number of likely N-dealkylation sites (tertiary alicyclic amines) is 1. The van der Waals surface area contributed by atoms with Gasteiger partial charge >= 0.3 is 18.0 Å². The number of hydrogen-bond donors (Lipinski definition) is 3. The molecular weight excluding hydrogens is 706 g/mol. The number of fused-ring (bicyclic) bond motifs is 5. The molecule has 1 aromatic carbocycles. The van der Waals surface area contributed by atoms with Crippen LogP contribution in [0.4, 0.5) is 10.5 Å². The Morgan fingerprint density at radius 1 is 1.15 bits per heavy atom. The van der Waals surface area contributed by atoms with E-state index in [9.17, 15) is 29.4 Å². The van der Waals surface area contributed by atoms with Gasteiger partial charge in [0.25, 0.3) is 0 Å². The molecule has 4 aliphatic rings. The third-order valence-corrected chi connectivity index (χ3v) is 11.5. The third-order valence-electron chi connectivity index (χ3n) is 11.1. The number of amides is 2. The fourth-order valence-electron chi connectivity index (χ4n) is 7.74. The first-order chi connectivity index (χ1) is 25.1. The number of anilines is 1. The molecule has 5 rings (SSSR count). The number of piperidine rings is 1. The number of epoxide rings is 1. The Kier molecular flexibility index (Phi) is 13.2. The predicted molar refractivity (Wildman–Crippen MR) is 198 cm³/mol. The van der Waals surface area contributed by atoms with Gasteiger partial charge in [0, 0.05) is 32.2 Å². The molecule has 0 unspecified atom stereocenters. The standard InChI is InChI=1S/C39H54ClN3O10/c1-24-11-8-9-15-39(49)23-30(51-37(48)41-39)25(2)35-38(3,53-35)31(22-32(44)42(4)28-20-26(19-24)21-29(50-5)34(28)40)52-33(45)12-7-6-10-16-43-17-13-27(14-18-43)36(46)47/h8-9,11,20-21,25,27,30-31,35,49H,6-7,10,12-19,22-23H2,1-5H3,(H,41,48)(H,46,47)/b9-8+,24-11+/t25-,30+,31+,35+,38+,39-/m1/s1. The molecule has 0 aliphatic carbocycles. The normalized spacial score (nSPS) is 31.7. The maximum Gasteiger partial charge on any atom is 0.409 e. The summed E-state index contributed by atoms with van der Waals surface area (Å²) >= 11 is 6.75. The van der Waals surface area contributed by atoms with Crippen molar-refractivity contribution in [2.75, 3.05) is 38.7 Å². The van der Waals surface area contributed by atoms with Gasteiger partial charge in [-0.1, -0.05) is 48.7 Å². The summed E-state index contributed by atoms with van der Waals surface area (Å²) in [5.74, 6) is -1.80. The van der Waals surface area contributed by atoms with Crippen LogP contribution < -0.4 is 15.0 Å². The lowest BCUT2D eigenvalue weighted by atomic mass is 9.84. The summed E-state index contributed by atoms with van der Waals surface area (Å²) in [4.78, 5) is 55.0. The number of halogens is 1. The van der Waals surface area contributed by atoms with Crippen LogP contribution in [0.25, 0.3) is 0 Å². The van der Waals surface area contributed by atoms with Gasteiger partial charge in [0.1, 0.15) is 34.3 Å². The predicted octanol–water partition coefficient (Wildman–Crippen LogP) is 5.40. The van der Waals surface area contributed by atoms with E-state index in [-0.39, 0.29) is 42.5 Å². The number of hydrogen-bond acceptors (Lipinski definition) is 10. The van der Waals surface area contributed by atoms with Gasteiger partial charge in [-0.05, 0) is 83.3 Å². The molecule has 0 spiro atoms. The second kappa shape index (κ2) is 17.2. The highest BCUT2D eigenvalue weighted by Crippen LogP contribution is 2.49. The molecule has 13 nitrogen and oxygen atoms in total. The summed E-state index contributed by atoms with van der Waals surface area (Å²) in [6.45, 7) is 7.97. The van der Waals surface area contributed by atoms with Crippen LogP contribution in [0, 0.1) is 11.8 Å². The van der Waals surface area contributed by atoms with Crippen molar-refractivity contribution in [2.24, 2.45) is 11.8 Å². The average Bonchev–Trinajstić information content (AvgIpc) is 3.81. The number of unbranched alkanes of at least 4 members (excludes halogenated alkanes) is 2. The number of carboxylic acids is 1. The maximum atomic E-state index is 14.0. The minimum absolute atomic E-state index is 0.108. The minimum atomic E-state index is -1.54. The Labute approximate surface area is 316 Å². The number of carbonyl (C=O) groups excluding carboxylic acids is 3. The number of esters is 1. The smallest absolute Gasteiger partial charge is 0.409 e. The van der Waals surface area contributed by atoms with Crippen molar-refractivity contribution in [3.05, 3.63) is 46.5 Å². The number of benzene rings is 1. The SMILES string of the molecule is COc1cc2cc(c1Cl)N(C)C(=O)C[C@H](OC(=O)CCCCCN1CCC(C(=O)O)CC1)[C@]1(C)O[C@H]1[C@H](C)[C@@H]1C[C@](O)(C/C=C/C=C(\C)C2)NC(=O)O1. The van der Waals surface area contributed by atoms with Crippen molar-refractivity contribution in [2.45, 2.75) is 115 Å². The van der Waals surface area contributed by atoms with Gasteiger partial charge < -0.3 is 39.0 Å². The third kappa shape index (κ3) is 10.1. The van der Waals surface area contributed by atoms with Gasteiger partial charge in [0.15, 0.2) is 0 Å². The summed E-state index contributed by atoms with van der Waals surface area (Å²) in [5.41, 5.74) is -0.312. The van der Waals surface area contributed by atoms with Crippen molar-refractivity contribution in [3.8, 4) is 5.75 Å². The molecule has 1 aromatic rings. The molecular formula is C39H54ClN3O10. The molecule has 0 radical (unpaired) electrons. The quantitative estimate of drug-likeness (QED) is 0.168. The van der Waals surface area contributed by atoms with Gasteiger partial charge in [-0.15, -0.1) is 0 Å². The van der Waals surface area contributed by atoms with Crippen LogP contribution in [0.15, 0.2) is 35.9 Å². The Morgan fingerprint density at radius 2 is 1.89 bits per heavy atom. The van der Waals surface area contributed by atoms with E-state index in [2.05, 4.69) is 10.2 Å². The fraction of sp³-hybridized carbons (Fsp3) is 0.641. The van der Waals surface area contributed by atoms with Gasteiger partial charge in [-0.3, -0.25) is 19.7 Å². The summed E-state index contributed by atoms with van der Waals surface area (Å²) in [7, 11) is 3.13. The molecule has 0 aromatic heterocycles. The van der Waals surface area contributed by atoms with E-state index in [1.54, 1.807) is 20.0 Å². The number of nitrogens with zero attached hydrogens (tertiary/aromatic N) is 2. The number of allylic oxidation sites excluding steroid dienone is 3. The van der Waals surface area contributed by atoms with Gasteiger partial charge in [0.05, 0.1) is 31.2 Å². The van der Waals surface area contributed by atoms with Gasteiger partial charge in [0.2, 0.25) is 5.91 Å². The van der Waals surface area contributed by atoms with E-state index in [1.165, 1.54) is 12.0 Å². The second-order valence-corrected chi connectivity index (χ2v) is 15.6. The van der Waals surface area contributed by atoms with Crippen molar-refractivity contribution in [1.82, 2.24) is 10.2 Å². The molecule has 4 heterocycles. The highest BCUT2D eigenvalue weighted by Gasteiger charge is 2.64. The average molecular weight is 760 g/mol. The van der Waals surface area contributed by atoms with Gasteiger partial charge in [-0.25, -0.2) is 4.79 Å². The topological polar surface area (TPSA) is 167 Å². The number of alkyl carbamates (subject to hydrolysis) is 1. The molecule has 0 saturated carbocycles. The van der Waals surface area contributed by atoms with E-state index in [0.717, 1.165) is 43.6 Å². The fourth-order valence-corrected chi connectivity index (χ4v) is 8.05. The first kappa shape index (κ1) is 40.5. The van der Waals surface area contributed by atoms with Crippen molar-refractivity contribution in [3.63, 3.8) is 0 Å². The Bertz CT molecular complexity index is 1590. The zero-order valence-corrected chi connectivity index (χ0v) is 32.2. The van der Waals surface area contributed by atoms with E-state index in [0.29, 0.717) is 37.1 Å². The Balaban J connectivity index is 1.33. The minimum Gasteiger partial charge on any atom is -0.495 e. The van der Waals surface area contributed by atoms with Crippen molar-refractivity contribution < 1.29 is 48.3 Å². The molecule has 53 heavy (non-hydrogen) atoms. The molecule has 3 N–H and O–H groups in total. The van der Waals surface area contributed by atoms with Crippen molar-refractivity contribution >= 4 is 41.2 Å². The number of methoxy groups -OCH3 is 1. The molecule has 14 heteroatoms. The molecule has 4 bridgehead atoms. The lowest BCUT2D eigenvalue weighted by Crippen LogP contribution is -2.57. The largest absolute Gasteiger partial charge is 0.495 e. The van der Waals surface area contributed by atoms with Crippen LogP contribution in [0.2, 0.25) is 5.02 Å². The first-order valence-electron chi connectivity index (χ1n) is 18.6. The van der Waals surface area contributed by atoms with Crippen LogP contribution in [-0.2, 0) is 35.0 Å². The summed E-state index contributed by atoms with van der Waals surface area (Å²) in [5, 5.41) is 23.5. The second-order valence-electron chi connectivity index (χ2n) is 15.2. The van der Waals surface area contributed by atoms with Crippen LogP contribution >= 0.6 is 11.6 Å². The molecule has 2 amide bonds. The molecule has 292 valence electrons. The lowest BCUT2D eigenvalue weighted by molar-refractivity contribution is -0.154. The Hall–Kier alpha value is -3.65.